The van der Waals surface area contributed by atoms with Gasteiger partial charge in [-0.15, -0.1) is 0 Å². The Kier molecular flexibility index (Phi) is 3.37. The lowest BCUT2D eigenvalue weighted by molar-refractivity contribution is -0.385. The van der Waals surface area contributed by atoms with Crippen molar-refractivity contribution in [1.29, 1.82) is 0 Å². The van der Waals surface area contributed by atoms with Gasteiger partial charge in [0.15, 0.2) is 0 Å². The van der Waals surface area contributed by atoms with Crippen LogP contribution in [-0.2, 0) is 0 Å². The van der Waals surface area contributed by atoms with Crippen LogP contribution in [0.2, 0.25) is 0 Å². The Balaban J connectivity index is 1.95. The largest absolute Gasteiger partial charge is 0.485 e. The van der Waals surface area contributed by atoms with Gasteiger partial charge in [-0.25, -0.2) is 0 Å². The van der Waals surface area contributed by atoms with Gasteiger partial charge in [-0.3, -0.25) is 10.1 Å². The maximum atomic E-state index is 11.0. The standard InChI is InChI=1S/C15H20N2O4/c1-15(2)14(18)13(16-8-9-3-4-9)11-7-10(17(19)20)5-6-12(11)21-15/h5-7,9,13-14,16,18H,3-4,8H2,1-2H3/t13-,14+/m0/s1. The number of hydrogen-bond donors (Lipinski definition) is 2. The number of nitro groups is 1. The zero-order chi connectivity index (χ0) is 15.2. The van der Waals surface area contributed by atoms with Crippen molar-refractivity contribution < 1.29 is 14.8 Å². The summed E-state index contributed by atoms with van der Waals surface area (Å²) >= 11 is 0. The summed E-state index contributed by atoms with van der Waals surface area (Å²) in [6, 6.07) is 4.21. The second-order valence-corrected chi connectivity index (χ2v) is 6.46. The lowest BCUT2D eigenvalue weighted by atomic mass is 9.86. The van der Waals surface area contributed by atoms with Crippen LogP contribution < -0.4 is 10.1 Å². The van der Waals surface area contributed by atoms with E-state index in [0.717, 1.165) is 6.54 Å². The van der Waals surface area contributed by atoms with Crippen LogP contribution in [0.5, 0.6) is 5.75 Å². The van der Waals surface area contributed by atoms with Crippen molar-refractivity contribution in [3.63, 3.8) is 0 Å². The van der Waals surface area contributed by atoms with Crippen molar-refractivity contribution in [2.75, 3.05) is 6.54 Å². The molecule has 0 unspecified atom stereocenters. The third-order valence-electron chi connectivity index (χ3n) is 4.26. The lowest BCUT2D eigenvalue weighted by Gasteiger charge is -2.42. The molecule has 1 heterocycles. The van der Waals surface area contributed by atoms with E-state index < -0.39 is 16.6 Å². The Bertz CT molecular complexity index is 569. The van der Waals surface area contributed by atoms with Gasteiger partial charge >= 0.3 is 0 Å². The molecule has 21 heavy (non-hydrogen) atoms. The fraction of sp³-hybridized carbons (Fsp3) is 0.600. The van der Waals surface area contributed by atoms with Gasteiger partial charge in [-0.1, -0.05) is 0 Å². The Hall–Kier alpha value is -1.66. The second-order valence-electron chi connectivity index (χ2n) is 6.46. The molecule has 2 aliphatic rings. The van der Waals surface area contributed by atoms with E-state index in [0.29, 0.717) is 17.2 Å². The smallest absolute Gasteiger partial charge is 0.270 e. The first-order valence-electron chi connectivity index (χ1n) is 7.27. The molecule has 3 rings (SSSR count). The lowest BCUT2D eigenvalue weighted by Crippen LogP contribution is -2.52. The van der Waals surface area contributed by atoms with Gasteiger partial charge in [0, 0.05) is 17.7 Å². The molecular formula is C15H20N2O4. The number of nitrogens with zero attached hydrogens (tertiary/aromatic N) is 1. The molecule has 1 fully saturated rings. The molecule has 0 bridgehead atoms. The van der Waals surface area contributed by atoms with Gasteiger partial charge < -0.3 is 15.2 Å². The third kappa shape index (κ3) is 2.73. The number of nitrogens with one attached hydrogen (secondary N) is 1. The number of nitro benzene ring substituents is 1. The summed E-state index contributed by atoms with van der Waals surface area (Å²) in [6.07, 6.45) is 1.65. The Labute approximate surface area is 123 Å². The van der Waals surface area contributed by atoms with E-state index in [1.54, 1.807) is 6.07 Å². The molecular weight excluding hydrogens is 272 g/mol. The fourth-order valence-corrected chi connectivity index (χ4v) is 2.74. The number of hydrogen-bond acceptors (Lipinski definition) is 5. The first-order valence-corrected chi connectivity index (χ1v) is 7.27. The molecule has 6 nitrogen and oxygen atoms in total. The first-order chi connectivity index (χ1) is 9.88. The van der Waals surface area contributed by atoms with Gasteiger partial charge in [0.1, 0.15) is 17.5 Å². The van der Waals surface area contributed by atoms with Crippen molar-refractivity contribution in [2.45, 2.75) is 44.4 Å². The van der Waals surface area contributed by atoms with Gasteiger partial charge in [-0.2, -0.15) is 0 Å². The van der Waals surface area contributed by atoms with Crippen LogP contribution in [0.15, 0.2) is 18.2 Å². The minimum atomic E-state index is -0.759. The van der Waals surface area contributed by atoms with Gasteiger partial charge in [0.2, 0.25) is 0 Å². The minimum absolute atomic E-state index is 0.0162. The summed E-state index contributed by atoms with van der Waals surface area (Å²) in [4.78, 5) is 10.5. The summed E-state index contributed by atoms with van der Waals surface area (Å²) in [5, 5.41) is 24.9. The van der Waals surface area contributed by atoms with Crippen molar-refractivity contribution in [3.8, 4) is 5.75 Å². The second kappa shape index (κ2) is 4.96. The number of rotatable bonds is 4. The first kappa shape index (κ1) is 14.3. The monoisotopic (exact) mass is 292 g/mol. The molecule has 1 aromatic rings. The molecule has 1 aliphatic heterocycles. The number of fused-ring (bicyclic) bond motifs is 1. The van der Waals surface area contributed by atoms with Crippen molar-refractivity contribution in [2.24, 2.45) is 5.92 Å². The maximum Gasteiger partial charge on any atom is 0.270 e. The molecule has 0 spiro atoms. The van der Waals surface area contributed by atoms with Crippen LogP contribution in [0, 0.1) is 16.0 Å². The highest BCUT2D eigenvalue weighted by Gasteiger charge is 2.43. The molecule has 1 aliphatic carbocycles. The third-order valence-corrected chi connectivity index (χ3v) is 4.26. The van der Waals surface area contributed by atoms with Crippen LogP contribution in [0.1, 0.15) is 38.3 Å². The van der Waals surface area contributed by atoms with Crippen LogP contribution in [-0.4, -0.2) is 28.3 Å². The summed E-state index contributed by atoms with van der Waals surface area (Å²) in [6.45, 7) is 4.47. The summed E-state index contributed by atoms with van der Waals surface area (Å²) in [7, 11) is 0. The average molecular weight is 292 g/mol. The molecule has 6 heteroatoms. The SMILES string of the molecule is CC1(C)Oc2ccc([N+](=O)[O-])cc2[C@H](NCC2CC2)[C@H]1O. The fourth-order valence-electron chi connectivity index (χ4n) is 2.74. The minimum Gasteiger partial charge on any atom is -0.485 e. The molecule has 2 atom stereocenters. The zero-order valence-corrected chi connectivity index (χ0v) is 12.2. The van der Waals surface area contributed by atoms with Gasteiger partial charge in [0.05, 0.1) is 11.0 Å². The van der Waals surface area contributed by atoms with E-state index in [-0.39, 0.29) is 11.7 Å². The van der Waals surface area contributed by atoms with E-state index in [4.69, 9.17) is 4.74 Å². The summed E-state index contributed by atoms with van der Waals surface area (Å²) in [5.74, 6) is 1.26. The molecule has 2 N–H and O–H groups in total. The average Bonchev–Trinajstić information content (AvgIpc) is 3.22. The van der Waals surface area contributed by atoms with Crippen molar-refractivity contribution in [1.82, 2.24) is 5.32 Å². The van der Waals surface area contributed by atoms with Gasteiger partial charge in [0.25, 0.3) is 5.69 Å². The highest BCUT2D eigenvalue weighted by molar-refractivity contribution is 5.48. The number of ether oxygens (including phenoxy) is 1. The molecule has 0 amide bonds. The highest BCUT2D eigenvalue weighted by Crippen LogP contribution is 2.41. The number of benzene rings is 1. The highest BCUT2D eigenvalue weighted by atomic mass is 16.6. The summed E-state index contributed by atoms with van der Waals surface area (Å²) in [5.41, 5.74) is -0.0520. The van der Waals surface area contributed by atoms with Crippen LogP contribution in [0.4, 0.5) is 5.69 Å². The number of non-ortho nitro benzene ring substituents is 1. The van der Waals surface area contributed by atoms with Crippen molar-refractivity contribution in [3.05, 3.63) is 33.9 Å². The Morgan fingerprint density at radius 1 is 1.48 bits per heavy atom. The molecule has 0 saturated heterocycles. The van der Waals surface area contributed by atoms with E-state index in [9.17, 15) is 15.2 Å². The molecule has 1 saturated carbocycles. The molecule has 114 valence electrons. The quantitative estimate of drug-likeness (QED) is 0.656. The Morgan fingerprint density at radius 2 is 2.19 bits per heavy atom. The van der Waals surface area contributed by atoms with Crippen LogP contribution >= 0.6 is 0 Å². The maximum absolute atomic E-state index is 11.0. The van der Waals surface area contributed by atoms with Crippen LogP contribution in [0.3, 0.4) is 0 Å². The molecule has 0 radical (unpaired) electrons. The molecule has 1 aromatic carbocycles. The predicted octanol–water partition coefficient (Wildman–Crippen LogP) is 2.17. The van der Waals surface area contributed by atoms with Gasteiger partial charge in [-0.05, 0) is 45.2 Å². The summed E-state index contributed by atoms with van der Waals surface area (Å²) < 4.78 is 5.81. The Morgan fingerprint density at radius 3 is 2.81 bits per heavy atom. The topological polar surface area (TPSA) is 84.6 Å². The number of aliphatic hydroxyl groups excluding tert-OH is 1. The van der Waals surface area contributed by atoms with Crippen LogP contribution in [0.25, 0.3) is 0 Å². The van der Waals surface area contributed by atoms with E-state index >= 15 is 0 Å². The van der Waals surface area contributed by atoms with E-state index in [2.05, 4.69) is 5.32 Å². The van der Waals surface area contributed by atoms with E-state index in [1.807, 2.05) is 13.8 Å². The van der Waals surface area contributed by atoms with E-state index in [1.165, 1.54) is 25.0 Å². The zero-order valence-electron chi connectivity index (χ0n) is 12.2. The predicted molar refractivity (Wildman–Crippen MR) is 77.3 cm³/mol. The normalized spacial score (nSPS) is 26.8. The number of aliphatic hydroxyl groups is 1. The molecule has 0 aromatic heterocycles. The van der Waals surface area contributed by atoms with Crippen molar-refractivity contribution >= 4 is 5.69 Å².